The molecular formula is C7H9N3OS. The van der Waals surface area contributed by atoms with E-state index in [4.69, 9.17) is 18.1 Å². The molecule has 1 aromatic carbocycles. The maximum Gasteiger partial charge on any atom is 0.185 e. The normalized spacial score (nSPS) is 9.08. The Morgan fingerprint density at radius 2 is 2.08 bits per heavy atom. The van der Waals surface area contributed by atoms with E-state index in [2.05, 4.69) is 10.7 Å². The molecule has 64 valence electrons. The lowest BCUT2D eigenvalue weighted by molar-refractivity contribution is 0.478. The van der Waals surface area contributed by atoms with Crippen LogP contribution in [-0.2, 0) is 0 Å². The summed E-state index contributed by atoms with van der Waals surface area (Å²) in [5, 5.41) is 12.2. The zero-order valence-electron chi connectivity index (χ0n) is 6.24. The first-order chi connectivity index (χ1) is 5.74. The number of nitrogens with two attached hydrogens (primary N) is 1. The molecule has 0 aliphatic rings. The standard InChI is InChI=1S/C7H9N3OS/c8-10-7(12)9-5-3-1-2-4-6(5)11/h1-4,11H,8H2,(H2,9,10,12). The molecule has 0 aliphatic heterocycles. The lowest BCUT2D eigenvalue weighted by Gasteiger charge is -2.07. The molecule has 0 saturated carbocycles. The van der Waals surface area contributed by atoms with Gasteiger partial charge < -0.3 is 15.8 Å². The number of aromatic hydroxyl groups is 1. The van der Waals surface area contributed by atoms with Crippen molar-refractivity contribution in [2.24, 2.45) is 5.84 Å². The van der Waals surface area contributed by atoms with E-state index in [0.717, 1.165) is 0 Å². The predicted molar refractivity (Wildman–Crippen MR) is 51.7 cm³/mol. The summed E-state index contributed by atoms with van der Waals surface area (Å²) in [4.78, 5) is 0. The number of hydrazine groups is 1. The van der Waals surface area contributed by atoms with E-state index in [-0.39, 0.29) is 10.9 Å². The van der Waals surface area contributed by atoms with E-state index in [0.29, 0.717) is 5.69 Å². The van der Waals surface area contributed by atoms with Gasteiger partial charge in [0.05, 0.1) is 5.69 Å². The molecule has 0 spiro atoms. The molecule has 0 fully saturated rings. The van der Waals surface area contributed by atoms with E-state index in [1.165, 1.54) is 0 Å². The van der Waals surface area contributed by atoms with Crippen molar-refractivity contribution in [1.29, 1.82) is 0 Å². The van der Waals surface area contributed by atoms with E-state index in [9.17, 15) is 5.11 Å². The SMILES string of the molecule is NNC(=S)Nc1ccccc1O. The monoisotopic (exact) mass is 183 g/mol. The van der Waals surface area contributed by atoms with Gasteiger partial charge in [0.15, 0.2) is 5.11 Å². The van der Waals surface area contributed by atoms with Crippen LogP contribution >= 0.6 is 12.2 Å². The number of phenolic OH excluding ortho intramolecular Hbond substituents is 1. The largest absolute Gasteiger partial charge is 0.506 e. The molecule has 5 N–H and O–H groups in total. The molecule has 0 radical (unpaired) electrons. The van der Waals surface area contributed by atoms with Crippen LogP contribution in [0.3, 0.4) is 0 Å². The molecule has 0 aromatic heterocycles. The number of phenols is 1. The molecule has 0 aliphatic carbocycles. The minimum Gasteiger partial charge on any atom is -0.506 e. The van der Waals surface area contributed by atoms with Crippen LogP contribution in [0.5, 0.6) is 5.75 Å². The second-order valence-corrected chi connectivity index (χ2v) is 2.52. The quantitative estimate of drug-likeness (QED) is 0.221. The van der Waals surface area contributed by atoms with Crippen molar-refractivity contribution >= 4 is 23.0 Å². The maximum absolute atomic E-state index is 9.26. The van der Waals surface area contributed by atoms with E-state index < -0.39 is 0 Å². The summed E-state index contributed by atoms with van der Waals surface area (Å²) in [5.41, 5.74) is 2.78. The third-order valence-corrected chi connectivity index (χ3v) is 1.50. The fourth-order valence-electron chi connectivity index (χ4n) is 0.738. The number of hydrogen-bond donors (Lipinski definition) is 4. The predicted octanol–water partition coefficient (Wildman–Crippen LogP) is 0.552. The van der Waals surface area contributed by atoms with Gasteiger partial charge in [0, 0.05) is 0 Å². The number of nitrogens with one attached hydrogen (secondary N) is 2. The molecular weight excluding hydrogens is 174 g/mol. The Labute approximate surface area is 75.4 Å². The zero-order chi connectivity index (χ0) is 8.97. The first-order valence-electron chi connectivity index (χ1n) is 3.29. The van der Waals surface area contributed by atoms with Crippen molar-refractivity contribution in [3.63, 3.8) is 0 Å². The lowest BCUT2D eigenvalue weighted by Crippen LogP contribution is -2.34. The van der Waals surface area contributed by atoms with Crippen molar-refractivity contribution in [3.8, 4) is 5.75 Å². The average molecular weight is 183 g/mol. The maximum atomic E-state index is 9.26. The molecule has 1 aromatic rings. The molecule has 0 atom stereocenters. The molecule has 1 rings (SSSR count). The Morgan fingerprint density at radius 1 is 1.42 bits per heavy atom. The summed E-state index contributed by atoms with van der Waals surface area (Å²) >= 11 is 4.74. The van der Waals surface area contributed by atoms with Crippen molar-refractivity contribution in [2.45, 2.75) is 0 Å². The van der Waals surface area contributed by atoms with Crippen LogP contribution in [0.15, 0.2) is 24.3 Å². The van der Waals surface area contributed by atoms with Gasteiger partial charge in [0.2, 0.25) is 0 Å². The molecule has 0 saturated heterocycles. The molecule has 4 nitrogen and oxygen atoms in total. The Hall–Kier alpha value is -1.33. The Balaban J connectivity index is 2.75. The van der Waals surface area contributed by atoms with Gasteiger partial charge in [-0.15, -0.1) is 0 Å². The van der Waals surface area contributed by atoms with Crippen LogP contribution in [0.25, 0.3) is 0 Å². The highest BCUT2D eigenvalue weighted by atomic mass is 32.1. The van der Waals surface area contributed by atoms with Crippen molar-refractivity contribution in [2.75, 3.05) is 5.32 Å². The average Bonchev–Trinajstić information content (AvgIpc) is 2.09. The first kappa shape index (κ1) is 8.76. The summed E-state index contributed by atoms with van der Waals surface area (Å²) < 4.78 is 0. The Bertz CT molecular complexity index is 290. The number of anilines is 1. The molecule has 0 unspecified atom stereocenters. The number of benzene rings is 1. The van der Waals surface area contributed by atoms with Crippen LogP contribution in [0.2, 0.25) is 0 Å². The fraction of sp³-hybridized carbons (Fsp3) is 0. The number of rotatable bonds is 1. The number of para-hydroxylation sites is 2. The zero-order valence-corrected chi connectivity index (χ0v) is 7.06. The number of thiocarbonyl (C=S) groups is 1. The third kappa shape index (κ3) is 2.08. The van der Waals surface area contributed by atoms with Gasteiger partial charge in [-0.1, -0.05) is 12.1 Å². The first-order valence-corrected chi connectivity index (χ1v) is 3.70. The van der Waals surface area contributed by atoms with Gasteiger partial charge in [-0.3, -0.25) is 0 Å². The highest BCUT2D eigenvalue weighted by Crippen LogP contribution is 2.20. The molecule has 0 bridgehead atoms. The second kappa shape index (κ2) is 3.89. The van der Waals surface area contributed by atoms with E-state index >= 15 is 0 Å². The van der Waals surface area contributed by atoms with Gasteiger partial charge in [0.25, 0.3) is 0 Å². The third-order valence-electron chi connectivity index (χ3n) is 1.28. The van der Waals surface area contributed by atoms with Crippen LogP contribution in [0.1, 0.15) is 0 Å². The van der Waals surface area contributed by atoms with Crippen LogP contribution < -0.4 is 16.6 Å². The summed E-state index contributed by atoms with van der Waals surface area (Å²) in [7, 11) is 0. The van der Waals surface area contributed by atoms with Crippen LogP contribution in [0, 0.1) is 0 Å². The highest BCUT2D eigenvalue weighted by molar-refractivity contribution is 7.80. The van der Waals surface area contributed by atoms with E-state index in [1.54, 1.807) is 24.3 Å². The summed E-state index contributed by atoms with van der Waals surface area (Å²) in [6, 6.07) is 6.75. The van der Waals surface area contributed by atoms with Crippen molar-refractivity contribution in [1.82, 2.24) is 5.43 Å². The fourth-order valence-corrected chi connectivity index (χ4v) is 0.848. The topological polar surface area (TPSA) is 70.3 Å². The Morgan fingerprint density at radius 3 is 2.67 bits per heavy atom. The second-order valence-electron chi connectivity index (χ2n) is 2.12. The summed E-state index contributed by atoms with van der Waals surface area (Å²) in [6.45, 7) is 0. The number of hydrogen-bond acceptors (Lipinski definition) is 3. The van der Waals surface area contributed by atoms with Crippen LogP contribution in [-0.4, -0.2) is 10.2 Å². The van der Waals surface area contributed by atoms with Gasteiger partial charge in [0.1, 0.15) is 5.75 Å². The minimum absolute atomic E-state index is 0.134. The molecule has 5 heteroatoms. The van der Waals surface area contributed by atoms with Gasteiger partial charge >= 0.3 is 0 Å². The van der Waals surface area contributed by atoms with Crippen molar-refractivity contribution < 1.29 is 5.11 Å². The lowest BCUT2D eigenvalue weighted by atomic mass is 10.3. The molecule has 0 heterocycles. The summed E-state index contributed by atoms with van der Waals surface area (Å²) in [6.07, 6.45) is 0. The smallest absolute Gasteiger partial charge is 0.185 e. The van der Waals surface area contributed by atoms with Gasteiger partial charge in [-0.05, 0) is 24.4 Å². The molecule has 0 amide bonds. The summed E-state index contributed by atoms with van der Waals surface area (Å²) in [5.74, 6) is 5.17. The van der Waals surface area contributed by atoms with Gasteiger partial charge in [-0.25, -0.2) is 5.84 Å². The van der Waals surface area contributed by atoms with E-state index in [1.807, 2.05) is 0 Å². The minimum atomic E-state index is 0.134. The van der Waals surface area contributed by atoms with Gasteiger partial charge in [-0.2, -0.15) is 0 Å². The molecule has 12 heavy (non-hydrogen) atoms. The van der Waals surface area contributed by atoms with Crippen LogP contribution in [0.4, 0.5) is 5.69 Å². The highest BCUT2D eigenvalue weighted by Gasteiger charge is 1.99. The Kier molecular flexibility index (Phi) is 2.84. The van der Waals surface area contributed by atoms with Crippen molar-refractivity contribution in [3.05, 3.63) is 24.3 Å².